The zero-order valence-corrected chi connectivity index (χ0v) is 12.1. The average Bonchev–Trinajstić information content (AvgIpc) is 3.23. The molecule has 0 atom stereocenters. The first-order valence-corrected chi connectivity index (χ1v) is 7.10. The molecule has 0 radical (unpaired) electrons. The summed E-state index contributed by atoms with van der Waals surface area (Å²) in [6.45, 7) is 4.38. The van der Waals surface area contributed by atoms with E-state index in [0.29, 0.717) is 18.2 Å². The Labute approximate surface area is 119 Å². The van der Waals surface area contributed by atoms with Gasteiger partial charge in [-0.25, -0.2) is 0 Å². The highest BCUT2D eigenvalue weighted by atomic mass is 16.5. The molecule has 4 nitrogen and oxygen atoms in total. The summed E-state index contributed by atoms with van der Waals surface area (Å²) in [5.74, 6) is 0.845. The highest BCUT2D eigenvalue weighted by Gasteiger charge is 2.31. The van der Waals surface area contributed by atoms with Gasteiger partial charge in [0.25, 0.3) is 5.91 Å². The Bertz CT molecular complexity index is 477. The van der Waals surface area contributed by atoms with Crippen LogP contribution in [0.4, 0.5) is 0 Å². The number of likely N-dealkylation sites (N-methyl/N-ethyl adjacent to an activating group) is 1. The van der Waals surface area contributed by atoms with Crippen molar-refractivity contribution in [2.45, 2.75) is 39.2 Å². The third kappa shape index (κ3) is 4.08. The van der Waals surface area contributed by atoms with Crippen molar-refractivity contribution in [1.82, 2.24) is 4.90 Å². The molecule has 1 aromatic carbocycles. The average molecular weight is 275 g/mol. The van der Waals surface area contributed by atoms with Crippen LogP contribution in [-0.4, -0.2) is 35.8 Å². The maximum atomic E-state index is 12.0. The van der Waals surface area contributed by atoms with Crippen molar-refractivity contribution in [3.05, 3.63) is 29.8 Å². The van der Waals surface area contributed by atoms with Crippen LogP contribution in [0.25, 0.3) is 0 Å². The minimum Gasteiger partial charge on any atom is -0.484 e. The van der Waals surface area contributed by atoms with E-state index in [1.807, 2.05) is 24.0 Å². The minimum absolute atomic E-state index is 0.0443. The van der Waals surface area contributed by atoms with Crippen molar-refractivity contribution in [1.29, 1.82) is 0 Å². The molecule has 0 heterocycles. The molecule has 0 N–H and O–H groups in total. The highest BCUT2D eigenvalue weighted by molar-refractivity contribution is 5.79. The van der Waals surface area contributed by atoms with Gasteiger partial charge >= 0.3 is 0 Å². The summed E-state index contributed by atoms with van der Waals surface area (Å²) < 4.78 is 5.51. The second-order valence-electron chi connectivity index (χ2n) is 5.22. The summed E-state index contributed by atoms with van der Waals surface area (Å²) in [5.41, 5.74) is 0.962. The SMILES string of the molecule is CCN(C(=O)COc1ccc(CC(C)=O)cc1)C1CC1. The van der Waals surface area contributed by atoms with Gasteiger partial charge in [0.1, 0.15) is 11.5 Å². The molecule has 0 spiro atoms. The number of ketones is 1. The number of carbonyl (C=O) groups is 2. The second kappa shape index (κ2) is 6.55. The summed E-state index contributed by atoms with van der Waals surface area (Å²) in [7, 11) is 0. The Kier molecular flexibility index (Phi) is 4.77. The number of nitrogens with zero attached hydrogens (tertiary/aromatic N) is 1. The zero-order valence-electron chi connectivity index (χ0n) is 12.1. The molecular weight excluding hydrogens is 254 g/mol. The van der Waals surface area contributed by atoms with Crippen LogP contribution in [0.2, 0.25) is 0 Å². The molecule has 1 aliphatic rings. The van der Waals surface area contributed by atoms with E-state index in [1.165, 1.54) is 0 Å². The monoisotopic (exact) mass is 275 g/mol. The predicted molar refractivity (Wildman–Crippen MR) is 76.7 cm³/mol. The van der Waals surface area contributed by atoms with E-state index in [2.05, 4.69) is 0 Å². The first-order valence-electron chi connectivity index (χ1n) is 7.10. The van der Waals surface area contributed by atoms with Gasteiger partial charge in [0, 0.05) is 19.0 Å². The van der Waals surface area contributed by atoms with Gasteiger partial charge in [0.2, 0.25) is 0 Å². The number of hydrogen-bond acceptors (Lipinski definition) is 3. The van der Waals surface area contributed by atoms with Gasteiger partial charge in [0.05, 0.1) is 0 Å². The van der Waals surface area contributed by atoms with Crippen molar-refractivity contribution < 1.29 is 14.3 Å². The second-order valence-corrected chi connectivity index (χ2v) is 5.22. The lowest BCUT2D eigenvalue weighted by molar-refractivity contribution is -0.133. The summed E-state index contributed by atoms with van der Waals surface area (Å²) >= 11 is 0. The molecule has 1 aliphatic carbocycles. The molecule has 2 rings (SSSR count). The van der Waals surface area contributed by atoms with Crippen molar-refractivity contribution in [3.8, 4) is 5.75 Å². The zero-order chi connectivity index (χ0) is 14.5. The number of rotatable bonds is 7. The molecule has 108 valence electrons. The number of carbonyl (C=O) groups excluding carboxylic acids is 2. The van der Waals surface area contributed by atoms with Crippen LogP contribution in [-0.2, 0) is 16.0 Å². The normalized spacial score (nSPS) is 13.9. The van der Waals surface area contributed by atoms with Crippen molar-refractivity contribution in [2.24, 2.45) is 0 Å². The van der Waals surface area contributed by atoms with Gasteiger partial charge in [-0.05, 0) is 44.4 Å². The Hall–Kier alpha value is -1.84. The van der Waals surface area contributed by atoms with E-state index in [-0.39, 0.29) is 18.3 Å². The Morgan fingerprint density at radius 3 is 2.40 bits per heavy atom. The van der Waals surface area contributed by atoms with Gasteiger partial charge in [-0.3, -0.25) is 9.59 Å². The largest absolute Gasteiger partial charge is 0.484 e. The van der Waals surface area contributed by atoms with Crippen LogP contribution in [0.3, 0.4) is 0 Å². The fraction of sp³-hybridized carbons (Fsp3) is 0.500. The maximum Gasteiger partial charge on any atom is 0.260 e. The first kappa shape index (κ1) is 14.6. The molecule has 1 aromatic rings. The topological polar surface area (TPSA) is 46.6 Å². The lowest BCUT2D eigenvalue weighted by Crippen LogP contribution is -2.36. The Morgan fingerprint density at radius 1 is 1.25 bits per heavy atom. The van der Waals surface area contributed by atoms with Crippen LogP contribution in [0, 0.1) is 0 Å². The maximum absolute atomic E-state index is 12.0. The smallest absolute Gasteiger partial charge is 0.260 e. The highest BCUT2D eigenvalue weighted by Crippen LogP contribution is 2.26. The van der Waals surface area contributed by atoms with Gasteiger partial charge in [-0.1, -0.05) is 12.1 Å². The van der Waals surface area contributed by atoms with Crippen molar-refractivity contribution >= 4 is 11.7 Å². The minimum atomic E-state index is 0.0443. The van der Waals surface area contributed by atoms with Crippen LogP contribution in [0.1, 0.15) is 32.3 Å². The third-order valence-corrected chi connectivity index (χ3v) is 3.39. The van der Waals surface area contributed by atoms with E-state index >= 15 is 0 Å². The lowest BCUT2D eigenvalue weighted by atomic mass is 10.1. The van der Waals surface area contributed by atoms with E-state index in [0.717, 1.165) is 24.9 Å². The molecule has 0 saturated heterocycles. The van der Waals surface area contributed by atoms with Gasteiger partial charge < -0.3 is 9.64 Å². The summed E-state index contributed by atoms with van der Waals surface area (Å²) in [6.07, 6.45) is 2.66. The molecule has 1 saturated carbocycles. The quantitative estimate of drug-likeness (QED) is 0.766. The molecule has 1 amide bonds. The molecule has 1 fully saturated rings. The van der Waals surface area contributed by atoms with E-state index in [9.17, 15) is 9.59 Å². The van der Waals surface area contributed by atoms with Crippen LogP contribution >= 0.6 is 0 Å². The first-order chi connectivity index (χ1) is 9.60. The lowest BCUT2D eigenvalue weighted by Gasteiger charge is -2.20. The van der Waals surface area contributed by atoms with Crippen LogP contribution in [0.5, 0.6) is 5.75 Å². The molecule has 0 aromatic heterocycles. The van der Waals surface area contributed by atoms with E-state index in [1.54, 1.807) is 19.1 Å². The van der Waals surface area contributed by atoms with Crippen LogP contribution < -0.4 is 4.74 Å². The van der Waals surface area contributed by atoms with Gasteiger partial charge in [-0.15, -0.1) is 0 Å². The Morgan fingerprint density at radius 2 is 1.90 bits per heavy atom. The molecular formula is C16H21NO3. The van der Waals surface area contributed by atoms with Gasteiger partial charge in [-0.2, -0.15) is 0 Å². The Balaban J connectivity index is 1.84. The summed E-state index contributed by atoms with van der Waals surface area (Å²) in [4.78, 5) is 24.9. The van der Waals surface area contributed by atoms with Crippen LogP contribution in [0.15, 0.2) is 24.3 Å². The number of ether oxygens (including phenoxy) is 1. The summed E-state index contributed by atoms with van der Waals surface area (Å²) in [5, 5.41) is 0. The van der Waals surface area contributed by atoms with Crippen molar-refractivity contribution in [3.63, 3.8) is 0 Å². The molecule has 0 bridgehead atoms. The molecule has 0 unspecified atom stereocenters. The molecule has 0 aliphatic heterocycles. The fourth-order valence-electron chi connectivity index (χ4n) is 2.24. The van der Waals surface area contributed by atoms with E-state index < -0.39 is 0 Å². The third-order valence-electron chi connectivity index (χ3n) is 3.39. The fourth-order valence-corrected chi connectivity index (χ4v) is 2.24. The predicted octanol–water partition coefficient (Wildman–Crippen LogP) is 2.21. The molecule has 20 heavy (non-hydrogen) atoms. The number of hydrogen-bond donors (Lipinski definition) is 0. The number of Topliss-reactive ketones (excluding diaryl/α,β-unsaturated/α-hetero) is 1. The summed E-state index contributed by atoms with van der Waals surface area (Å²) in [6, 6.07) is 7.76. The molecule has 4 heteroatoms. The van der Waals surface area contributed by atoms with Gasteiger partial charge in [0.15, 0.2) is 6.61 Å². The number of benzene rings is 1. The standard InChI is InChI=1S/C16H21NO3/c1-3-17(14-6-7-14)16(19)11-20-15-8-4-13(5-9-15)10-12(2)18/h4-5,8-9,14H,3,6-7,10-11H2,1-2H3. The van der Waals surface area contributed by atoms with E-state index in [4.69, 9.17) is 4.74 Å². The van der Waals surface area contributed by atoms with Crippen molar-refractivity contribution in [2.75, 3.05) is 13.2 Å². The number of amides is 1.